The maximum absolute atomic E-state index is 5.48. The molecule has 0 radical (unpaired) electrons. The molecule has 0 unspecified atom stereocenters. The summed E-state index contributed by atoms with van der Waals surface area (Å²) >= 11 is 0. The fraction of sp³-hybridized carbons (Fsp3) is 0.500. The summed E-state index contributed by atoms with van der Waals surface area (Å²) in [5, 5.41) is 0. The second-order valence-corrected chi connectivity index (χ2v) is 3.73. The topological polar surface area (TPSA) is 12.5 Å². The normalized spacial score (nSPS) is 8.29. The average Bonchev–Trinajstić information content (AvgIpc) is 2.01. The number of halogens is 2. The molecule has 0 saturated heterocycles. The van der Waals surface area contributed by atoms with Crippen LogP contribution in [-0.2, 0) is 19.5 Å². The van der Waals surface area contributed by atoms with E-state index < -0.39 is 0 Å². The van der Waals surface area contributed by atoms with Gasteiger partial charge in [0.15, 0.2) is 0 Å². The molecule has 0 atom stereocenters. The number of hydrogen-bond acceptors (Lipinski definition) is 2. The molecule has 0 bridgehead atoms. The average molecular weight is 332 g/mol. The first-order valence-corrected chi connectivity index (χ1v) is 4.97. The minimum Gasteiger partial charge on any atom is -0.494 e. The van der Waals surface area contributed by atoms with Crippen LogP contribution in [0.1, 0.15) is 18.1 Å². The van der Waals surface area contributed by atoms with Crippen molar-refractivity contribution in [2.75, 3.05) is 25.6 Å². The van der Waals surface area contributed by atoms with Gasteiger partial charge >= 0.3 is 0 Å². The van der Waals surface area contributed by atoms with Crippen molar-refractivity contribution >= 4 is 30.5 Å². The van der Waals surface area contributed by atoms with Crippen LogP contribution in [0.25, 0.3) is 0 Å². The Balaban J connectivity index is -0.000000653. The summed E-state index contributed by atoms with van der Waals surface area (Å²) < 4.78 is 5.48. The molecule has 1 rings (SSSR count). The first-order chi connectivity index (χ1) is 6.56. The van der Waals surface area contributed by atoms with Gasteiger partial charge in [-0.05, 0) is 44.0 Å². The van der Waals surface area contributed by atoms with E-state index in [9.17, 15) is 0 Å². The van der Waals surface area contributed by atoms with Gasteiger partial charge in [-0.25, -0.2) is 0 Å². The van der Waals surface area contributed by atoms with E-state index in [1.807, 2.05) is 6.92 Å². The van der Waals surface area contributed by atoms with Gasteiger partial charge in [-0.2, -0.15) is 0 Å². The van der Waals surface area contributed by atoms with Gasteiger partial charge in [-0.1, -0.05) is 0 Å². The molecule has 0 aliphatic rings. The van der Waals surface area contributed by atoms with Crippen molar-refractivity contribution in [2.24, 2.45) is 0 Å². The van der Waals surface area contributed by atoms with Gasteiger partial charge in [0, 0.05) is 39.3 Å². The molecule has 0 aromatic heterocycles. The van der Waals surface area contributed by atoms with Crippen LogP contribution < -0.4 is 9.64 Å². The monoisotopic (exact) mass is 329 g/mol. The van der Waals surface area contributed by atoms with E-state index in [2.05, 4.69) is 45.0 Å². The number of nitrogens with zero attached hydrogens (tertiary/aromatic N) is 1. The Labute approximate surface area is 130 Å². The van der Waals surface area contributed by atoms with Crippen LogP contribution in [0.15, 0.2) is 12.1 Å². The van der Waals surface area contributed by atoms with Crippen molar-refractivity contribution in [1.29, 1.82) is 0 Å². The Hall–Kier alpha value is 0.0234. The zero-order valence-corrected chi connectivity index (χ0v) is 15.8. The quantitative estimate of drug-likeness (QED) is 0.785. The van der Waals surface area contributed by atoms with Gasteiger partial charge in [0.25, 0.3) is 0 Å². The van der Waals surface area contributed by atoms with Gasteiger partial charge in [-0.15, -0.1) is 24.8 Å². The summed E-state index contributed by atoms with van der Waals surface area (Å²) in [4.78, 5) is 2.14. The second-order valence-electron chi connectivity index (χ2n) is 3.73. The summed E-state index contributed by atoms with van der Waals surface area (Å²) in [6.07, 6.45) is 0. The molecule has 96 valence electrons. The van der Waals surface area contributed by atoms with Crippen LogP contribution >= 0.6 is 24.8 Å². The van der Waals surface area contributed by atoms with E-state index >= 15 is 0 Å². The van der Waals surface area contributed by atoms with E-state index in [-0.39, 0.29) is 44.3 Å². The zero-order valence-electron chi connectivity index (χ0n) is 11.2. The SMILES string of the molecule is CCOc1cc(C)c(N(C)C)c(C)c1.Cl.Cl.[Zn]. The molecular weight excluding hydrogens is 310 g/mol. The van der Waals surface area contributed by atoms with Crippen molar-refractivity contribution < 1.29 is 24.2 Å². The van der Waals surface area contributed by atoms with Crippen LogP contribution in [0.5, 0.6) is 5.75 Å². The molecule has 0 heterocycles. The maximum atomic E-state index is 5.48. The number of rotatable bonds is 3. The van der Waals surface area contributed by atoms with E-state index in [4.69, 9.17) is 4.74 Å². The molecule has 0 saturated carbocycles. The third-order valence-electron chi connectivity index (χ3n) is 2.22. The van der Waals surface area contributed by atoms with Crippen molar-refractivity contribution in [1.82, 2.24) is 0 Å². The van der Waals surface area contributed by atoms with Gasteiger partial charge in [0.1, 0.15) is 5.75 Å². The summed E-state index contributed by atoms with van der Waals surface area (Å²) in [5.41, 5.74) is 3.81. The van der Waals surface area contributed by atoms with Gasteiger partial charge < -0.3 is 9.64 Å². The number of aryl methyl sites for hydroxylation is 2. The molecule has 0 N–H and O–H groups in total. The zero-order chi connectivity index (χ0) is 10.7. The smallest absolute Gasteiger partial charge is 0.119 e. The molecular formula is C12H21Cl2NOZn. The summed E-state index contributed by atoms with van der Waals surface area (Å²) in [6.45, 7) is 6.96. The van der Waals surface area contributed by atoms with E-state index in [1.54, 1.807) is 0 Å². The van der Waals surface area contributed by atoms with Crippen LogP contribution in [0.4, 0.5) is 5.69 Å². The van der Waals surface area contributed by atoms with Crippen LogP contribution in [0, 0.1) is 13.8 Å². The van der Waals surface area contributed by atoms with Crippen molar-refractivity contribution in [3.63, 3.8) is 0 Å². The van der Waals surface area contributed by atoms with Crippen molar-refractivity contribution in [3.8, 4) is 5.75 Å². The largest absolute Gasteiger partial charge is 0.494 e. The predicted octanol–water partition coefficient (Wildman–Crippen LogP) is 3.61. The Morgan fingerprint density at radius 1 is 1.06 bits per heavy atom. The first-order valence-electron chi connectivity index (χ1n) is 4.97. The van der Waals surface area contributed by atoms with Gasteiger partial charge in [0.05, 0.1) is 6.61 Å². The van der Waals surface area contributed by atoms with E-state index in [0.717, 1.165) is 12.4 Å². The van der Waals surface area contributed by atoms with Gasteiger partial charge in [-0.3, -0.25) is 0 Å². The summed E-state index contributed by atoms with van der Waals surface area (Å²) in [7, 11) is 4.13. The minimum absolute atomic E-state index is 0. The van der Waals surface area contributed by atoms with Gasteiger partial charge in [0.2, 0.25) is 0 Å². The molecule has 0 aliphatic heterocycles. The molecule has 0 amide bonds. The molecule has 5 heteroatoms. The van der Waals surface area contributed by atoms with Crippen molar-refractivity contribution in [2.45, 2.75) is 20.8 Å². The Morgan fingerprint density at radius 2 is 1.47 bits per heavy atom. The van der Waals surface area contributed by atoms with Crippen LogP contribution in [0.3, 0.4) is 0 Å². The number of hydrogen-bond donors (Lipinski definition) is 0. The molecule has 0 aliphatic carbocycles. The number of benzene rings is 1. The summed E-state index contributed by atoms with van der Waals surface area (Å²) in [6, 6.07) is 4.18. The Morgan fingerprint density at radius 3 is 1.76 bits per heavy atom. The molecule has 1 aromatic carbocycles. The fourth-order valence-corrected chi connectivity index (χ4v) is 1.87. The standard InChI is InChI=1S/C12H19NO.2ClH.Zn/c1-6-14-11-7-9(2)12(13(4)5)10(3)8-11;;;/h7-8H,6H2,1-5H3;2*1H;. The Bertz CT molecular complexity index is 309. The predicted molar refractivity (Wildman–Crippen MR) is 75.9 cm³/mol. The fourth-order valence-electron chi connectivity index (χ4n) is 1.87. The van der Waals surface area contributed by atoms with E-state index in [0.29, 0.717) is 0 Å². The van der Waals surface area contributed by atoms with Crippen LogP contribution in [0.2, 0.25) is 0 Å². The van der Waals surface area contributed by atoms with Crippen molar-refractivity contribution in [3.05, 3.63) is 23.3 Å². The minimum atomic E-state index is 0. The number of ether oxygens (including phenoxy) is 1. The van der Waals surface area contributed by atoms with E-state index in [1.165, 1.54) is 16.8 Å². The first kappa shape index (κ1) is 22.2. The number of anilines is 1. The molecule has 17 heavy (non-hydrogen) atoms. The third kappa shape index (κ3) is 5.94. The third-order valence-corrected chi connectivity index (χ3v) is 2.22. The molecule has 0 fully saturated rings. The Kier molecular flexibility index (Phi) is 13.1. The van der Waals surface area contributed by atoms with Crippen LogP contribution in [-0.4, -0.2) is 20.7 Å². The second kappa shape index (κ2) is 9.99. The molecule has 2 nitrogen and oxygen atoms in total. The maximum Gasteiger partial charge on any atom is 0.119 e. The molecule has 1 aromatic rings. The molecule has 0 spiro atoms. The summed E-state index contributed by atoms with van der Waals surface area (Å²) in [5.74, 6) is 0.966.